The lowest BCUT2D eigenvalue weighted by atomic mass is 9.98. The van der Waals surface area contributed by atoms with Crippen molar-refractivity contribution in [3.8, 4) is 11.1 Å². The zero-order valence-corrected chi connectivity index (χ0v) is 18.7. The molecule has 0 bridgehead atoms. The number of nitrogens with one attached hydrogen (secondary N) is 2. The molecule has 4 rings (SSSR count). The van der Waals surface area contributed by atoms with Gasteiger partial charge >= 0.3 is 5.97 Å². The summed E-state index contributed by atoms with van der Waals surface area (Å²) in [7, 11) is 0. The Morgan fingerprint density at radius 3 is 2.41 bits per heavy atom. The lowest BCUT2D eigenvalue weighted by Gasteiger charge is -2.11. The van der Waals surface area contributed by atoms with Gasteiger partial charge in [0, 0.05) is 10.9 Å². The number of carbonyl (C=O) groups excluding carboxylic acids is 2. The Morgan fingerprint density at radius 1 is 0.906 bits per heavy atom. The van der Waals surface area contributed by atoms with Gasteiger partial charge in [-0.2, -0.15) is 0 Å². The quantitative estimate of drug-likeness (QED) is 0.370. The standard InChI is InChI=1S/C27H26N2O3/c1-16(2)32-27(31)24-15-21-9-6-10-23(25(21)28-24)29-26(30)22-14-20(12-11-18(22)4)19-8-5-7-17(3)13-19/h5-16,28H,1-4H3,(H,29,30). The van der Waals surface area contributed by atoms with Crippen LogP contribution in [0.3, 0.4) is 0 Å². The van der Waals surface area contributed by atoms with Gasteiger partial charge < -0.3 is 15.0 Å². The van der Waals surface area contributed by atoms with Crippen LogP contribution < -0.4 is 5.32 Å². The van der Waals surface area contributed by atoms with Crippen LogP contribution in [0.4, 0.5) is 5.69 Å². The number of amides is 1. The van der Waals surface area contributed by atoms with Crippen LogP contribution in [-0.2, 0) is 4.74 Å². The Labute approximate surface area is 187 Å². The molecule has 1 heterocycles. The Kier molecular flexibility index (Phi) is 5.82. The Morgan fingerprint density at radius 2 is 1.66 bits per heavy atom. The topological polar surface area (TPSA) is 71.2 Å². The highest BCUT2D eigenvalue weighted by molar-refractivity contribution is 6.10. The molecule has 5 nitrogen and oxygen atoms in total. The summed E-state index contributed by atoms with van der Waals surface area (Å²) < 4.78 is 5.28. The van der Waals surface area contributed by atoms with Crippen molar-refractivity contribution in [1.82, 2.24) is 4.98 Å². The Hall–Kier alpha value is -3.86. The van der Waals surface area contributed by atoms with E-state index in [2.05, 4.69) is 16.4 Å². The molecule has 0 aliphatic rings. The minimum atomic E-state index is -0.421. The van der Waals surface area contributed by atoms with Crippen molar-refractivity contribution < 1.29 is 14.3 Å². The Bertz CT molecular complexity index is 1320. The Balaban J connectivity index is 1.65. The van der Waals surface area contributed by atoms with Gasteiger partial charge in [-0.25, -0.2) is 4.79 Å². The highest BCUT2D eigenvalue weighted by Gasteiger charge is 2.16. The van der Waals surface area contributed by atoms with Gasteiger partial charge in [-0.05, 0) is 62.6 Å². The third kappa shape index (κ3) is 4.42. The first-order chi connectivity index (χ1) is 15.3. The van der Waals surface area contributed by atoms with Crippen LogP contribution in [0.2, 0.25) is 0 Å². The lowest BCUT2D eigenvalue weighted by molar-refractivity contribution is 0.0372. The SMILES string of the molecule is Cc1cccc(-c2ccc(C)c(C(=O)Nc3cccc4cc(C(=O)OC(C)C)[nH]c34)c2)c1. The number of para-hydroxylation sites is 1. The first-order valence-corrected chi connectivity index (χ1v) is 10.6. The molecule has 0 radical (unpaired) electrons. The average molecular weight is 427 g/mol. The molecule has 0 atom stereocenters. The van der Waals surface area contributed by atoms with Gasteiger partial charge in [0.15, 0.2) is 0 Å². The van der Waals surface area contributed by atoms with E-state index in [1.807, 2.05) is 68.4 Å². The van der Waals surface area contributed by atoms with Crippen molar-refractivity contribution in [2.24, 2.45) is 0 Å². The van der Waals surface area contributed by atoms with E-state index in [0.717, 1.165) is 22.1 Å². The summed E-state index contributed by atoms with van der Waals surface area (Å²) in [6.07, 6.45) is -0.211. The molecule has 0 unspecified atom stereocenters. The second-order valence-electron chi connectivity index (χ2n) is 8.26. The largest absolute Gasteiger partial charge is 0.458 e. The molecule has 0 saturated heterocycles. The molecule has 0 saturated carbocycles. The van der Waals surface area contributed by atoms with Crippen molar-refractivity contribution >= 4 is 28.5 Å². The first kappa shape index (κ1) is 21.4. The van der Waals surface area contributed by atoms with E-state index >= 15 is 0 Å². The molecule has 2 N–H and O–H groups in total. The molecule has 5 heteroatoms. The number of ether oxygens (including phenoxy) is 1. The van der Waals surface area contributed by atoms with E-state index in [1.54, 1.807) is 19.9 Å². The van der Waals surface area contributed by atoms with Crippen LogP contribution in [0.25, 0.3) is 22.0 Å². The predicted octanol–water partition coefficient (Wildman–Crippen LogP) is 6.27. The lowest BCUT2D eigenvalue weighted by Crippen LogP contribution is -2.14. The zero-order chi connectivity index (χ0) is 22.8. The van der Waals surface area contributed by atoms with Gasteiger partial charge in [-0.15, -0.1) is 0 Å². The summed E-state index contributed by atoms with van der Waals surface area (Å²) in [5, 5.41) is 3.83. The molecule has 0 aliphatic heterocycles. The van der Waals surface area contributed by atoms with E-state index in [0.29, 0.717) is 22.5 Å². The highest BCUT2D eigenvalue weighted by atomic mass is 16.5. The number of H-pyrrole nitrogens is 1. The molecule has 0 spiro atoms. The number of hydrogen-bond acceptors (Lipinski definition) is 3. The second kappa shape index (κ2) is 8.71. The van der Waals surface area contributed by atoms with Crippen LogP contribution in [0.15, 0.2) is 66.7 Å². The van der Waals surface area contributed by atoms with Crippen molar-refractivity contribution in [2.75, 3.05) is 5.32 Å². The monoisotopic (exact) mass is 426 g/mol. The second-order valence-corrected chi connectivity index (χ2v) is 8.26. The summed E-state index contributed by atoms with van der Waals surface area (Å²) in [6.45, 7) is 7.58. The van der Waals surface area contributed by atoms with E-state index in [4.69, 9.17) is 4.74 Å². The molecule has 1 amide bonds. The zero-order valence-electron chi connectivity index (χ0n) is 18.7. The summed E-state index contributed by atoms with van der Waals surface area (Å²) >= 11 is 0. The maximum atomic E-state index is 13.2. The normalized spacial score (nSPS) is 11.0. The molecule has 4 aromatic rings. The smallest absolute Gasteiger partial charge is 0.355 e. The summed E-state index contributed by atoms with van der Waals surface area (Å²) in [5.74, 6) is -0.624. The van der Waals surface area contributed by atoms with Crippen LogP contribution in [0, 0.1) is 13.8 Å². The fourth-order valence-corrected chi connectivity index (χ4v) is 3.71. The minimum Gasteiger partial charge on any atom is -0.458 e. The van der Waals surface area contributed by atoms with Crippen LogP contribution in [0.5, 0.6) is 0 Å². The van der Waals surface area contributed by atoms with Crippen LogP contribution in [0.1, 0.15) is 45.8 Å². The number of aromatic nitrogens is 1. The fourth-order valence-electron chi connectivity index (χ4n) is 3.71. The first-order valence-electron chi connectivity index (χ1n) is 10.6. The molecule has 0 aliphatic carbocycles. The summed E-state index contributed by atoms with van der Waals surface area (Å²) in [5.41, 5.74) is 6.36. The molecule has 3 aromatic carbocycles. The maximum absolute atomic E-state index is 13.2. The number of anilines is 1. The van der Waals surface area contributed by atoms with Gasteiger partial charge in [0.2, 0.25) is 0 Å². The number of fused-ring (bicyclic) bond motifs is 1. The molecular weight excluding hydrogens is 400 g/mol. The highest BCUT2D eigenvalue weighted by Crippen LogP contribution is 2.27. The number of aromatic amines is 1. The number of hydrogen-bond donors (Lipinski definition) is 2. The minimum absolute atomic E-state index is 0.203. The fraction of sp³-hybridized carbons (Fsp3) is 0.185. The number of benzene rings is 3. The van der Waals surface area contributed by atoms with Gasteiger partial charge in [0.1, 0.15) is 5.69 Å². The third-order valence-corrected chi connectivity index (χ3v) is 5.30. The number of aryl methyl sites for hydroxylation is 2. The van der Waals surface area contributed by atoms with E-state index in [1.165, 1.54) is 5.56 Å². The van der Waals surface area contributed by atoms with Gasteiger partial charge in [0.05, 0.1) is 17.3 Å². The van der Waals surface area contributed by atoms with Crippen molar-refractivity contribution in [3.63, 3.8) is 0 Å². The predicted molar refractivity (Wildman–Crippen MR) is 128 cm³/mol. The molecule has 32 heavy (non-hydrogen) atoms. The number of rotatable bonds is 5. The number of carbonyl (C=O) groups is 2. The third-order valence-electron chi connectivity index (χ3n) is 5.30. The van der Waals surface area contributed by atoms with Gasteiger partial charge in [-0.1, -0.05) is 54.1 Å². The van der Waals surface area contributed by atoms with Gasteiger partial charge in [0.25, 0.3) is 5.91 Å². The van der Waals surface area contributed by atoms with Crippen LogP contribution in [-0.4, -0.2) is 23.0 Å². The maximum Gasteiger partial charge on any atom is 0.355 e. The van der Waals surface area contributed by atoms with Crippen molar-refractivity contribution in [2.45, 2.75) is 33.8 Å². The van der Waals surface area contributed by atoms with Crippen LogP contribution >= 0.6 is 0 Å². The molecule has 0 fully saturated rings. The molecular formula is C27H26N2O3. The van der Waals surface area contributed by atoms with Crippen molar-refractivity contribution in [3.05, 3.63) is 89.1 Å². The summed E-state index contributed by atoms with van der Waals surface area (Å²) in [6, 6.07) is 21.4. The van der Waals surface area contributed by atoms with E-state index < -0.39 is 5.97 Å². The molecule has 1 aromatic heterocycles. The number of esters is 1. The van der Waals surface area contributed by atoms with E-state index in [-0.39, 0.29) is 12.0 Å². The molecule has 162 valence electrons. The summed E-state index contributed by atoms with van der Waals surface area (Å²) in [4.78, 5) is 28.6. The average Bonchev–Trinajstić information content (AvgIpc) is 3.19. The van der Waals surface area contributed by atoms with Crippen molar-refractivity contribution in [1.29, 1.82) is 0 Å². The van der Waals surface area contributed by atoms with Gasteiger partial charge in [-0.3, -0.25) is 4.79 Å². The van der Waals surface area contributed by atoms with E-state index in [9.17, 15) is 9.59 Å².